The molecule has 0 aliphatic carbocycles. The fourth-order valence-electron chi connectivity index (χ4n) is 4.46. The zero-order valence-electron chi connectivity index (χ0n) is 22.8. The lowest BCUT2D eigenvalue weighted by Crippen LogP contribution is -2.52. The molecule has 3 heterocycles. The van der Waals surface area contributed by atoms with E-state index >= 15 is 0 Å². The first-order valence-electron chi connectivity index (χ1n) is 12.5. The Hall–Kier alpha value is -2.98. The Morgan fingerprint density at radius 1 is 1.10 bits per heavy atom. The van der Waals surface area contributed by atoms with Crippen LogP contribution in [0.1, 0.15) is 33.7 Å². The molecule has 0 saturated carbocycles. The molecule has 15 heteroatoms. The molecule has 3 aromatic rings. The van der Waals surface area contributed by atoms with Crippen LogP contribution in [-0.4, -0.2) is 85.5 Å². The largest absolute Gasteiger partial charge is 0.453 e. The molecule has 0 bridgehead atoms. The fraction of sp³-hybridized carbons (Fsp3) is 0.440. The minimum Gasteiger partial charge on any atom is -0.453 e. The van der Waals surface area contributed by atoms with E-state index in [0.29, 0.717) is 25.3 Å². The molecule has 4 rings (SSSR count). The maximum Gasteiger partial charge on any atom is 0.413 e. The lowest BCUT2D eigenvalue weighted by molar-refractivity contribution is 0.0918. The summed E-state index contributed by atoms with van der Waals surface area (Å²) < 4.78 is 47.0. The number of hydrogen-bond donors (Lipinski definition) is 2. The third kappa shape index (κ3) is 6.66. The smallest absolute Gasteiger partial charge is 0.413 e. The Bertz CT molecular complexity index is 1510. The van der Waals surface area contributed by atoms with Crippen molar-refractivity contribution < 1.29 is 27.1 Å². The first-order valence-corrected chi connectivity index (χ1v) is 15.6. The summed E-state index contributed by atoms with van der Waals surface area (Å²) in [4.78, 5) is 35.9. The Kier molecular flexibility index (Phi) is 9.19. The number of hydrogen-bond acceptors (Lipinski definition) is 10. The molecule has 0 spiro atoms. The van der Waals surface area contributed by atoms with Gasteiger partial charge in [0, 0.05) is 38.8 Å². The Labute approximate surface area is 240 Å². The van der Waals surface area contributed by atoms with Crippen LogP contribution in [-0.2, 0) is 14.8 Å². The van der Waals surface area contributed by atoms with Gasteiger partial charge in [-0.2, -0.15) is 4.31 Å². The van der Waals surface area contributed by atoms with Crippen molar-refractivity contribution >= 4 is 49.8 Å². The second-order valence-electron chi connectivity index (χ2n) is 9.43. The third-order valence-electron chi connectivity index (χ3n) is 6.34. The van der Waals surface area contributed by atoms with Crippen LogP contribution in [0, 0.1) is 26.6 Å². The van der Waals surface area contributed by atoms with Crippen molar-refractivity contribution in [3.63, 3.8) is 0 Å². The van der Waals surface area contributed by atoms with E-state index < -0.39 is 27.8 Å². The van der Waals surface area contributed by atoms with E-state index in [1.807, 2.05) is 20.8 Å². The van der Waals surface area contributed by atoms with Gasteiger partial charge < -0.3 is 10.1 Å². The fourth-order valence-corrected chi connectivity index (χ4v) is 8.33. The molecule has 2 aromatic heterocycles. The van der Waals surface area contributed by atoms with E-state index in [9.17, 15) is 22.4 Å². The number of thiazole rings is 2. The molecule has 1 aliphatic rings. The van der Waals surface area contributed by atoms with Crippen LogP contribution in [0.4, 0.5) is 14.3 Å². The summed E-state index contributed by atoms with van der Waals surface area (Å²) in [5.74, 6) is -1.11. The first kappa shape index (κ1) is 30.0. The van der Waals surface area contributed by atoms with Crippen LogP contribution in [0.2, 0.25) is 0 Å². The molecule has 1 aromatic carbocycles. The maximum atomic E-state index is 14.6. The van der Waals surface area contributed by atoms with Crippen LogP contribution < -0.4 is 10.6 Å². The maximum absolute atomic E-state index is 14.6. The highest BCUT2D eigenvalue weighted by molar-refractivity contribution is 7.91. The van der Waals surface area contributed by atoms with Crippen molar-refractivity contribution in [2.24, 2.45) is 0 Å². The number of amides is 2. The number of anilines is 1. The van der Waals surface area contributed by atoms with Crippen molar-refractivity contribution in [3.05, 3.63) is 46.0 Å². The molecule has 1 aliphatic heterocycles. The molecule has 1 atom stereocenters. The average Bonchev–Trinajstić information content (AvgIpc) is 3.44. The number of aryl methyl sites for hydroxylation is 3. The molecule has 216 valence electrons. The summed E-state index contributed by atoms with van der Waals surface area (Å²) in [6.45, 7) is 9.08. The second kappa shape index (κ2) is 12.3. The first-order chi connectivity index (χ1) is 18.9. The molecule has 0 radical (unpaired) electrons. The van der Waals surface area contributed by atoms with Crippen molar-refractivity contribution in [3.8, 4) is 10.4 Å². The molecular weight excluding hydrogens is 580 g/mol. The molecule has 2 N–H and O–H groups in total. The van der Waals surface area contributed by atoms with Gasteiger partial charge in [-0.05, 0) is 45.4 Å². The standard InChI is InChI=1S/C25H31FN6O5S3/c1-14(27-22(33)19-12-18(6-7-20(19)26)21-15(2)28-17(4)38-21)13-31-8-10-32(11-9-31)40(35,36)23-16(3)29-24(39-23)30-25(34)37-5/h6-7,12,14H,8-11,13H2,1-5H3,(H,27,33)(H,29,30,34). The number of rotatable bonds is 8. The number of ether oxygens (including phenoxy) is 1. The lowest BCUT2D eigenvalue weighted by atomic mass is 10.1. The number of carbonyl (C=O) groups excluding carboxylic acids is 2. The van der Waals surface area contributed by atoms with E-state index in [-0.39, 0.29) is 34.0 Å². The zero-order valence-corrected chi connectivity index (χ0v) is 25.2. The van der Waals surface area contributed by atoms with Crippen molar-refractivity contribution in [2.75, 3.05) is 45.2 Å². The number of sulfonamides is 1. The quantitative estimate of drug-likeness (QED) is 0.395. The van der Waals surface area contributed by atoms with Crippen LogP contribution >= 0.6 is 22.7 Å². The number of aromatic nitrogens is 2. The third-order valence-corrected chi connectivity index (χ3v) is 11.0. The predicted octanol–water partition coefficient (Wildman–Crippen LogP) is 3.63. The number of nitrogens with one attached hydrogen (secondary N) is 2. The van der Waals surface area contributed by atoms with Crippen molar-refractivity contribution in [1.29, 1.82) is 0 Å². The van der Waals surface area contributed by atoms with Gasteiger partial charge in [-0.1, -0.05) is 17.4 Å². The summed E-state index contributed by atoms with van der Waals surface area (Å²) >= 11 is 2.37. The highest BCUT2D eigenvalue weighted by Gasteiger charge is 2.32. The summed E-state index contributed by atoms with van der Waals surface area (Å²) in [7, 11) is -2.59. The van der Waals surface area contributed by atoms with Crippen molar-refractivity contribution in [2.45, 2.75) is 37.9 Å². The molecule has 2 amide bonds. The molecule has 1 saturated heterocycles. The van der Waals surface area contributed by atoms with Gasteiger partial charge in [0.25, 0.3) is 15.9 Å². The van der Waals surface area contributed by atoms with Crippen molar-refractivity contribution in [1.82, 2.24) is 24.5 Å². The van der Waals surface area contributed by atoms with Crippen LogP contribution in [0.5, 0.6) is 0 Å². The van der Waals surface area contributed by atoms with Crippen LogP contribution in [0.15, 0.2) is 22.4 Å². The van der Waals surface area contributed by atoms with Crippen LogP contribution in [0.25, 0.3) is 10.4 Å². The summed E-state index contributed by atoms with van der Waals surface area (Å²) in [6, 6.07) is 4.19. The molecule has 1 fully saturated rings. The van der Waals surface area contributed by atoms with Gasteiger partial charge in [-0.25, -0.2) is 27.6 Å². The Morgan fingerprint density at radius 3 is 2.42 bits per heavy atom. The summed E-state index contributed by atoms with van der Waals surface area (Å²) in [5.41, 5.74) is 1.83. The molecular formula is C25H31FN6O5S3. The highest BCUT2D eigenvalue weighted by Crippen LogP contribution is 2.32. The number of halogens is 1. The van der Waals surface area contributed by atoms with Gasteiger partial charge in [0.05, 0.1) is 33.9 Å². The number of methoxy groups -OCH3 is 1. The number of benzene rings is 1. The minimum atomic E-state index is -3.80. The van der Waals surface area contributed by atoms with E-state index in [0.717, 1.165) is 32.5 Å². The number of carbonyl (C=O) groups is 2. The lowest BCUT2D eigenvalue weighted by Gasteiger charge is -2.35. The zero-order chi connectivity index (χ0) is 29.2. The predicted molar refractivity (Wildman–Crippen MR) is 152 cm³/mol. The van der Waals surface area contributed by atoms with Gasteiger partial charge in [0.1, 0.15) is 5.82 Å². The van der Waals surface area contributed by atoms with Crippen LogP contribution in [0.3, 0.4) is 0 Å². The average molecular weight is 611 g/mol. The van der Waals surface area contributed by atoms with Gasteiger partial charge in [0.2, 0.25) is 0 Å². The monoisotopic (exact) mass is 610 g/mol. The molecule has 11 nitrogen and oxygen atoms in total. The molecule has 1 unspecified atom stereocenters. The van der Waals surface area contributed by atoms with Gasteiger partial charge in [0.15, 0.2) is 9.34 Å². The summed E-state index contributed by atoms with van der Waals surface area (Å²) in [5, 5.41) is 6.30. The highest BCUT2D eigenvalue weighted by atomic mass is 32.2. The normalized spacial score (nSPS) is 15.6. The van der Waals surface area contributed by atoms with E-state index in [1.54, 1.807) is 19.1 Å². The minimum absolute atomic E-state index is 0.0355. The van der Waals surface area contributed by atoms with Gasteiger partial charge in [-0.15, -0.1) is 11.3 Å². The SMILES string of the molecule is COC(=O)Nc1nc(C)c(S(=O)(=O)N2CCN(CC(C)NC(=O)c3cc(-c4sc(C)nc4C)ccc3F)CC2)s1. The van der Waals surface area contributed by atoms with Gasteiger partial charge in [-0.3, -0.25) is 15.0 Å². The number of nitrogens with zero attached hydrogens (tertiary/aromatic N) is 4. The summed E-state index contributed by atoms with van der Waals surface area (Å²) in [6.07, 6.45) is -0.729. The second-order valence-corrected chi connectivity index (χ2v) is 13.8. The van der Waals surface area contributed by atoms with Gasteiger partial charge >= 0.3 is 6.09 Å². The Balaban J connectivity index is 1.34. The Morgan fingerprint density at radius 2 is 1.80 bits per heavy atom. The van der Waals surface area contributed by atoms with E-state index in [4.69, 9.17) is 0 Å². The van der Waals surface area contributed by atoms with E-state index in [2.05, 4.69) is 30.2 Å². The number of piperazine rings is 1. The van der Waals surface area contributed by atoms with E-state index in [1.165, 1.54) is 28.8 Å². The molecule has 40 heavy (non-hydrogen) atoms. The topological polar surface area (TPSA) is 134 Å².